The van der Waals surface area contributed by atoms with Gasteiger partial charge in [0.2, 0.25) is 0 Å². The van der Waals surface area contributed by atoms with Gasteiger partial charge in [-0.05, 0) is 38.8 Å². The lowest BCUT2D eigenvalue weighted by Crippen LogP contribution is -2.31. The van der Waals surface area contributed by atoms with Crippen LogP contribution in [0.5, 0.6) is 0 Å². The van der Waals surface area contributed by atoms with Gasteiger partial charge in [-0.15, -0.1) is 0 Å². The Morgan fingerprint density at radius 2 is 2.36 bits per heavy atom. The molecule has 0 aromatic rings. The molecule has 0 aliphatic carbocycles. The summed E-state index contributed by atoms with van der Waals surface area (Å²) in [5.74, 6) is 0.768. The fraction of sp³-hybridized carbons (Fsp3) is 1.00. The van der Waals surface area contributed by atoms with Crippen LogP contribution in [0.15, 0.2) is 0 Å². The number of nitrogens with two attached hydrogens (primary N) is 1. The fourth-order valence-electron chi connectivity index (χ4n) is 1.71. The Balaban J connectivity index is 2.29. The predicted molar refractivity (Wildman–Crippen MR) is 48.5 cm³/mol. The molecule has 0 spiro atoms. The molecule has 0 aromatic carbocycles. The Hall–Kier alpha value is -0.0800. The minimum atomic E-state index is 0.756. The number of hydrogen-bond donors (Lipinski definition) is 1. The molecule has 1 rings (SSSR count). The zero-order valence-electron chi connectivity index (χ0n) is 7.71. The Bertz CT molecular complexity index is 114. The number of hydrogen-bond acceptors (Lipinski definition) is 2. The zero-order valence-corrected chi connectivity index (χ0v) is 7.71. The molecule has 2 N–H and O–H groups in total. The molecule has 0 radical (unpaired) electrons. The first kappa shape index (κ1) is 9.01. The summed E-state index contributed by atoms with van der Waals surface area (Å²) < 4.78 is 0. The monoisotopic (exact) mass is 156 g/mol. The molecule has 11 heavy (non-hydrogen) atoms. The van der Waals surface area contributed by atoms with Crippen molar-refractivity contribution in [1.82, 2.24) is 4.90 Å². The van der Waals surface area contributed by atoms with Crippen LogP contribution >= 0.6 is 0 Å². The molecule has 0 unspecified atom stereocenters. The Morgan fingerprint density at radius 1 is 1.64 bits per heavy atom. The van der Waals surface area contributed by atoms with Crippen molar-refractivity contribution in [3.63, 3.8) is 0 Å². The average Bonchev–Trinajstić information content (AvgIpc) is 2.50. The SMILES string of the molecule is CC[C@@H](C)N1CC[C@@H](CN)C1. The molecule has 1 fully saturated rings. The molecule has 0 amide bonds. The lowest BCUT2D eigenvalue weighted by molar-refractivity contribution is 0.244. The van der Waals surface area contributed by atoms with E-state index in [4.69, 9.17) is 5.73 Å². The van der Waals surface area contributed by atoms with E-state index in [-0.39, 0.29) is 0 Å². The lowest BCUT2D eigenvalue weighted by Gasteiger charge is -2.22. The van der Waals surface area contributed by atoms with Crippen LogP contribution in [0.1, 0.15) is 26.7 Å². The van der Waals surface area contributed by atoms with Crippen LogP contribution in [-0.4, -0.2) is 30.6 Å². The summed E-state index contributed by atoms with van der Waals surface area (Å²) in [5.41, 5.74) is 5.61. The van der Waals surface area contributed by atoms with Gasteiger partial charge in [0.15, 0.2) is 0 Å². The normalized spacial score (nSPS) is 29.2. The van der Waals surface area contributed by atoms with Gasteiger partial charge in [0.1, 0.15) is 0 Å². The van der Waals surface area contributed by atoms with Gasteiger partial charge >= 0.3 is 0 Å². The van der Waals surface area contributed by atoms with Gasteiger partial charge in [-0.25, -0.2) is 0 Å². The van der Waals surface area contributed by atoms with Crippen molar-refractivity contribution < 1.29 is 0 Å². The largest absolute Gasteiger partial charge is 0.330 e. The summed E-state index contributed by atoms with van der Waals surface area (Å²) in [6.07, 6.45) is 2.57. The summed E-state index contributed by atoms with van der Waals surface area (Å²) >= 11 is 0. The molecule has 1 aliphatic rings. The third-order valence-corrected chi connectivity index (χ3v) is 2.86. The van der Waals surface area contributed by atoms with Crippen LogP contribution in [0.2, 0.25) is 0 Å². The van der Waals surface area contributed by atoms with E-state index in [1.165, 1.54) is 25.9 Å². The van der Waals surface area contributed by atoms with Crippen molar-refractivity contribution in [3.05, 3.63) is 0 Å². The highest BCUT2D eigenvalue weighted by Gasteiger charge is 2.23. The van der Waals surface area contributed by atoms with E-state index >= 15 is 0 Å². The van der Waals surface area contributed by atoms with E-state index in [9.17, 15) is 0 Å². The summed E-state index contributed by atoms with van der Waals surface area (Å²) in [5, 5.41) is 0. The van der Waals surface area contributed by atoms with Gasteiger partial charge in [0.05, 0.1) is 0 Å². The van der Waals surface area contributed by atoms with Gasteiger partial charge in [-0.3, -0.25) is 0 Å². The first-order valence-corrected chi connectivity index (χ1v) is 4.72. The van der Waals surface area contributed by atoms with E-state index in [2.05, 4.69) is 18.7 Å². The van der Waals surface area contributed by atoms with Crippen LogP contribution in [0.25, 0.3) is 0 Å². The van der Waals surface area contributed by atoms with Crippen molar-refractivity contribution >= 4 is 0 Å². The van der Waals surface area contributed by atoms with E-state index in [1.807, 2.05) is 0 Å². The highest BCUT2D eigenvalue weighted by molar-refractivity contribution is 4.79. The summed E-state index contributed by atoms with van der Waals surface area (Å²) in [6, 6.07) is 0.756. The second-order valence-corrected chi connectivity index (χ2v) is 3.64. The first-order valence-electron chi connectivity index (χ1n) is 4.72. The van der Waals surface area contributed by atoms with Crippen molar-refractivity contribution in [1.29, 1.82) is 0 Å². The Kier molecular flexibility index (Phi) is 3.34. The van der Waals surface area contributed by atoms with E-state index in [1.54, 1.807) is 0 Å². The molecular formula is C9H20N2. The topological polar surface area (TPSA) is 29.3 Å². The van der Waals surface area contributed by atoms with E-state index in [0.717, 1.165) is 18.5 Å². The van der Waals surface area contributed by atoms with Crippen LogP contribution in [0.3, 0.4) is 0 Å². The molecule has 1 heterocycles. The maximum atomic E-state index is 5.61. The van der Waals surface area contributed by atoms with Crippen LogP contribution in [0, 0.1) is 5.92 Å². The number of rotatable bonds is 3. The van der Waals surface area contributed by atoms with Gasteiger partial charge in [0.25, 0.3) is 0 Å². The molecular weight excluding hydrogens is 136 g/mol. The lowest BCUT2D eigenvalue weighted by atomic mass is 10.1. The van der Waals surface area contributed by atoms with Crippen LogP contribution in [-0.2, 0) is 0 Å². The smallest absolute Gasteiger partial charge is 0.00644 e. The predicted octanol–water partition coefficient (Wildman–Crippen LogP) is 1.07. The molecule has 0 bridgehead atoms. The standard InChI is InChI=1S/C9H20N2/c1-3-8(2)11-5-4-9(6-10)7-11/h8-9H,3-7,10H2,1-2H3/t8-,9+/m1/s1. The molecule has 2 nitrogen and oxygen atoms in total. The number of likely N-dealkylation sites (tertiary alicyclic amines) is 1. The van der Waals surface area contributed by atoms with E-state index < -0.39 is 0 Å². The fourth-order valence-corrected chi connectivity index (χ4v) is 1.71. The van der Waals surface area contributed by atoms with Gasteiger partial charge in [0, 0.05) is 12.6 Å². The van der Waals surface area contributed by atoms with Gasteiger partial charge in [-0.2, -0.15) is 0 Å². The minimum absolute atomic E-state index is 0.756. The van der Waals surface area contributed by atoms with Gasteiger partial charge in [-0.1, -0.05) is 6.92 Å². The highest BCUT2D eigenvalue weighted by atomic mass is 15.2. The molecule has 0 aromatic heterocycles. The second kappa shape index (κ2) is 4.07. The minimum Gasteiger partial charge on any atom is -0.330 e. The summed E-state index contributed by atoms with van der Waals surface area (Å²) in [4.78, 5) is 2.55. The Morgan fingerprint density at radius 3 is 2.82 bits per heavy atom. The molecule has 2 heteroatoms. The second-order valence-electron chi connectivity index (χ2n) is 3.64. The third-order valence-electron chi connectivity index (χ3n) is 2.86. The van der Waals surface area contributed by atoms with Crippen molar-refractivity contribution in [2.45, 2.75) is 32.7 Å². The maximum absolute atomic E-state index is 5.61. The third kappa shape index (κ3) is 2.17. The van der Waals surface area contributed by atoms with Crippen molar-refractivity contribution in [2.24, 2.45) is 11.7 Å². The zero-order chi connectivity index (χ0) is 8.27. The van der Waals surface area contributed by atoms with Gasteiger partial charge < -0.3 is 10.6 Å². The molecule has 66 valence electrons. The quantitative estimate of drug-likeness (QED) is 0.662. The highest BCUT2D eigenvalue weighted by Crippen LogP contribution is 2.18. The molecule has 0 saturated carbocycles. The van der Waals surface area contributed by atoms with E-state index in [0.29, 0.717) is 0 Å². The Labute approximate surface area is 69.8 Å². The molecule has 1 saturated heterocycles. The number of nitrogens with zero attached hydrogens (tertiary/aromatic N) is 1. The first-order chi connectivity index (χ1) is 5.27. The van der Waals surface area contributed by atoms with Crippen molar-refractivity contribution in [3.8, 4) is 0 Å². The maximum Gasteiger partial charge on any atom is 0.00644 e. The summed E-state index contributed by atoms with van der Waals surface area (Å²) in [6.45, 7) is 7.91. The van der Waals surface area contributed by atoms with Crippen molar-refractivity contribution in [2.75, 3.05) is 19.6 Å². The molecule has 2 atom stereocenters. The van der Waals surface area contributed by atoms with Crippen LogP contribution < -0.4 is 5.73 Å². The van der Waals surface area contributed by atoms with Crippen LogP contribution in [0.4, 0.5) is 0 Å². The average molecular weight is 156 g/mol. The molecule has 1 aliphatic heterocycles. The summed E-state index contributed by atoms with van der Waals surface area (Å²) in [7, 11) is 0.